The van der Waals surface area contributed by atoms with Gasteiger partial charge in [0.05, 0.1) is 10.2 Å². The number of carbonyl (C=O) groups is 2. The van der Waals surface area contributed by atoms with E-state index in [4.69, 9.17) is 11.5 Å². The van der Waals surface area contributed by atoms with Crippen LogP contribution in [0.15, 0.2) is 23.0 Å². The van der Waals surface area contributed by atoms with Gasteiger partial charge in [0.1, 0.15) is 16.9 Å². The van der Waals surface area contributed by atoms with Gasteiger partial charge < -0.3 is 26.7 Å². The SMILES string of the molecule is Nc1nc2ccc(-c3c(C(=O)O)c(N)[nH]c(=O)c3C(=O)O)cc2s1. The Balaban J connectivity index is 2.44. The molecule has 0 aliphatic rings. The van der Waals surface area contributed by atoms with Crippen molar-refractivity contribution >= 4 is 44.4 Å². The van der Waals surface area contributed by atoms with Crippen molar-refractivity contribution in [2.45, 2.75) is 0 Å². The summed E-state index contributed by atoms with van der Waals surface area (Å²) in [6.45, 7) is 0. The molecule has 122 valence electrons. The van der Waals surface area contributed by atoms with Crippen LogP contribution in [-0.2, 0) is 0 Å². The van der Waals surface area contributed by atoms with Crippen LogP contribution in [0.1, 0.15) is 20.7 Å². The number of thiazole rings is 1. The van der Waals surface area contributed by atoms with Crippen LogP contribution in [0.4, 0.5) is 10.9 Å². The van der Waals surface area contributed by atoms with E-state index in [2.05, 4.69) is 9.97 Å². The molecule has 0 bridgehead atoms. The number of fused-ring (bicyclic) bond motifs is 1. The lowest BCUT2D eigenvalue weighted by Crippen LogP contribution is -2.24. The Hall–Kier alpha value is -3.40. The molecule has 10 heteroatoms. The highest BCUT2D eigenvalue weighted by Crippen LogP contribution is 2.33. The minimum atomic E-state index is -1.56. The number of nitrogens with zero attached hydrogens (tertiary/aromatic N) is 1. The highest BCUT2D eigenvalue weighted by molar-refractivity contribution is 7.22. The fraction of sp³-hybridized carbons (Fsp3) is 0. The summed E-state index contributed by atoms with van der Waals surface area (Å²) in [5, 5.41) is 19.0. The van der Waals surface area contributed by atoms with Crippen LogP contribution < -0.4 is 17.0 Å². The van der Waals surface area contributed by atoms with Crippen LogP contribution in [-0.4, -0.2) is 32.1 Å². The van der Waals surface area contributed by atoms with Crippen LogP contribution in [0.3, 0.4) is 0 Å². The standard InChI is InChI=1S/C14H10N4O5S/c15-10-8(12(20)21)7(9(13(22)23)11(19)18-10)4-1-2-5-6(3-4)24-14(16)17-5/h1-3H,(H2,16,17)(H,20,21)(H,22,23)(H3,15,18,19). The van der Waals surface area contributed by atoms with Crippen LogP contribution in [0.5, 0.6) is 0 Å². The molecule has 3 aromatic rings. The van der Waals surface area contributed by atoms with Gasteiger partial charge in [0.15, 0.2) is 5.13 Å². The van der Waals surface area contributed by atoms with Crippen molar-refractivity contribution in [1.29, 1.82) is 0 Å². The van der Waals surface area contributed by atoms with E-state index in [1.807, 2.05) is 0 Å². The Morgan fingerprint density at radius 1 is 1.12 bits per heavy atom. The van der Waals surface area contributed by atoms with E-state index >= 15 is 0 Å². The number of benzene rings is 1. The van der Waals surface area contributed by atoms with Gasteiger partial charge in [-0.15, -0.1) is 0 Å². The molecular weight excluding hydrogens is 336 g/mol. The number of anilines is 2. The fourth-order valence-electron chi connectivity index (χ4n) is 2.43. The number of carboxylic acid groups (broad SMARTS) is 2. The molecule has 0 atom stereocenters. The van der Waals surface area contributed by atoms with Crippen molar-refractivity contribution in [3.8, 4) is 11.1 Å². The molecule has 0 unspecified atom stereocenters. The van der Waals surface area contributed by atoms with Crippen LogP contribution in [0, 0.1) is 0 Å². The lowest BCUT2D eigenvalue weighted by Gasteiger charge is -2.12. The summed E-state index contributed by atoms with van der Waals surface area (Å²) in [7, 11) is 0. The molecule has 0 fully saturated rings. The number of hydrogen-bond acceptors (Lipinski definition) is 7. The molecule has 0 aliphatic carbocycles. The number of hydrogen-bond donors (Lipinski definition) is 5. The Bertz CT molecular complexity index is 1070. The molecule has 0 spiro atoms. The van der Waals surface area contributed by atoms with Crippen molar-refractivity contribution in [2.75, 3.05) is 11.5 Å². The number of pyridine rings is 1. The van der Waals surface area contributed by atoms with Crippen molar-refractivity contribution in [3.63, 3.8) is 0 Å². The van der Waals surface area contributed by atoms with Gasteiger partial charge in [-0.05, 0) is 17.7 Å². The van der Waals surface area contributed by atoms with Crippen molar-refractivity contribution in [3.05, 3.63) is 39.7 Å². The highest BCUT2D eigenvalue weighted by Gasteiger charge is 2.26. The molecule has 0 saturated heterocycles. The van der Waals surface area contributed by atoms with Gasteiger partial charge in [0.25, 0.3) is 5.56 Å². The zero-order valence-corrected chi connectivity index (χ0v) is 12.7. The molecule has 2 aromatic heterocycles. The smallest absolute Gasteiger partial charge is 0.342 e. The first kappa shape index (κ1) is 15.5. The predicted octanol–water partition coefficient (Wildman–Crippen LogP) is 1.21. The molecule has 0 saturated carbocycles. The van der Waals surface area contributed by atoms with Crippen molar-refractivity contribution in [2.24, 2.45) is 0 Å². The highest BCUT2D eigenvalue weighted by atomic mass is 32.1. The number of carboxylic acids is 2. The first-order valence-electron chi connectivity index (χ1n) is 6.48. The molecule has 7 N–H and O–H groups in total. The zero-order valence-electron chi connectivity index (χ0n) is 11.9. The second-order valence-electron chi connectivity index (χ2n) is 4.84. The number of aromatic amines is 1. The Morgan fingerprint density at radius 3 is 2.42 bits per heavy atom. The summed E-state index contributed by atoms with van der Waals surface area (Å²) in [6.07, 6.45) is 0. The van der Waals surface area contributed by atoms with Gasteiger partial charge >= 0.3 is 11.9 Å². The van der Waals surface area contributed by atoms with Gasteiger partial charge in [-0.3, -0.25) is 4.79 Å². The molecule has 2 heterocycles. The van der Waals surface area contributed by atoms with Crippen LogP contribution in [0.2, 0.25) is 0 Å². The Kier molecular flexibility index (Phi) is 3.45. The molecule has 24 heavy (non-hydrogen) atoms. The lowest BCUT2D eigenvalue weighted by molar-refractivity contribution is 0.0695. The van der Waals surface area contributed by atoms with E-state index in [0.29, 0.717) is 15.3 Å². The maximum Gasteiger partial charge on any atom is 0.342 e. The molecule has 0 amide bonds. The van der Waals surface area contributed by atoms with E-state index in [1.54, 1.807) is 6.07 Å². The second-order valence-corrected chi connectivity index (χ2v) is 5.90. The minimum Gasteiger partial charge on any atom is -0.478 e. The summed E-state index contributed by atoms with van der Waals surface area (Å²) < 4.78 is 0.622. The first-order chi connectivity index (χ1) is 11.3. The normalized spacial score (nSPS) is 10.8. The number of aromatic nitrogens is 2. The average molecular weight is 346 g/mol. The minimum absolute atomic E-state index is 0.221. The molecular formula is C14H10N4O5S. The number of nitrogen functional groups attached to an aromatic ring is 2. The largest absolute Gasteiger partial charge is 0.478 e. The quantitative estimate of drug-likeness (QED) is 0.470. The summed E-state index contributed by atoms with van der Waals surface area (Å²) in [4.78, 5) is 41.1. The summed E-state index contributed by atoms with van der Waals surface area (Å²) >= 11 is 1.15. The van der Waals surface area contributed by atoms with Crippen molar-refractivity contribution < 1.29 is 19.8 Å². The van der Waals surface area contributed by atoms with E-state index in [-0.39, 0.29) is 11.1 Å². The van der Waals surface area contributed by atoms with E-state index in [0.717, 1.165) is 11.3 Å². The van der Waals surface area contributed by atoms with Crippen molar-refractivity contribution in [1.82, 2.24) is 9.97 Å². The predicted molar refractivity (Wildman–Crippen MR) is 88.4 cm³/mol. The third kappa shape index (κ3) is 2.34. The summed E-state index contributed by atoms with van der Waals surface area (Å²) in [5.41, 5.74) is 9.59. The topological polar surface area (TPSA) is 172 Å². The number of nitrogens with one attached hydrogen (secondary N) is 1. The third-order valence-corrected chi connectivity index (χ3v) is 4.21. The van der Waals surface area contributed by atoms with Gasteiger partial charge in [0.2, 0.25) is 0 Å². The van der Waals surface area contributed by atoms with Gasteiger partial charge in [-0.25, -0.2) is 14.6 Å². The van der Waals surface area contributed by atoms with E-state index < -0.39 is 34.4 Å². The number of H-pyrrole nitrogens is 1. The molecule has 1 aromatic carbocycles. The lowest BCUT2D eigenvalue weighted by atomic mass is 9.95. The van der Waals surface area contributed by atoms with E-state index in [9.17, 15) is 24.6 Å². The molecule has 9 nitrogen and oxygen atoms in total. The second kappa shape index (κ2) is 5.35. The average Bonchev–Trinajstić information content (AvgIpc) is 2.84. The molecule has 3 rings (SSSR count). The maximum atomic E-state index is 12.0. The Morgan fingerprint density at radius 2 is 1.79 bits per heavy atom. The molecule has 0 radical (unpaired) electrons. The number of nitrogens with two attached hydrogens (primary N) is 2. The molecule has 0 aliphatic heterocycles. The summed E-state index contributed by atoms with van der Waals surface area (Å²) in [5.74, 6) is -3.43. The third-order valence-electron chi connectivity index (χ3n) is 3.37. The van der Waals surface area contributed by atoms with Crippen LogP contribution in [0.25, 0.3) is 21.3 Å². The van der Waals surface area contributed by atoms with Crippen LogP contribution >= 0.6 is 11.3 Å². The van der Waals surface area contributed by atoms with Gasteiger partial charge in [-0.1, -0.05) is 17.4 Å². The van der Waals surface area contributed by atoms with Gasteiger partial charge in [-0.2, -0.15) is 0 Å². The Labute approximate surface area is 137 Å². The van der Waals surface area contributed by atoms with Gasteiger partial charge in [0, 0.05) is 5.56 Å². The first-order valence-corrected chi connectivity index (χ1v) is 7.30. The van der Waals surface area contributed by atoms with E-state index in [1.165, 1.54) is 12.1 Å². The number of aromatic carboxylic acids is 2. The fourth-order valence-corrected chi connectivity index (χ4v) is 3.21. The monoisotopic (exact) mass is 346 g/mol. The zero-order chi connectivity index (χ0) is 17.6. The maximum absolute atomic E-state index is 12.0. The summed E-state index contributed by atoms with van der Waals surface area (Å²) in [6, 6.07) is 4.55. The number of rotatable bonds is 3.